The van der Waals surface area contributed by atoms with Gasteiger partial charge in [-0.15, -0.1) is 0 Å². The van der Waals surface area contributed by atoms with Crippen LogP contribution < -0.4 is 5.14 Å². The van der Waals surface area contributed by atoms with E-state index >= 15 is 0 Å². The fourth-order valence-electron chi connectivity index (χ4n) is 2.39. The lowest BCUT2D eigenvalue weighted by atomic mass is 9.92. The van der Waals surface area contributed by atoms with Crippen molar-refractivity contribution >= 4 is 11.0 Å². The lowest BCUT2D eigenvalue weighted by molar-refractivity contribution is 0.515. The van der Waals surface area contributed by atoms with Gasteiger partial charge < -0.3 is 0 Å². The van der Waals surface area contributed by atoms with E-state index in [0.29, 0.717) is 5.92 Å². The van der Waals surface area contributed by atoms with E-state index < -0.39 is 11.0 Å². The zero-order valence-corrected chi connectivity index (χ0v) is 10.6. The van der Waals surface area contributed by atoms with Crippen molar-refractivity contribution in [2.75, 3.05) is 0 Å². The second-order valence-electron chi connectivity index (χ2n) is 5.04. The first-order chi connectivity index (χ1) is 7.50. The summed E-state index contributed by atoms with van der Waals surface area (Å²) in [6, 6.07) is 4.11. The number of pyridine rings is 1. The number of rotatable bonds is 3. The summed E-state index contributed by atoms with van der Waals surface area (Å²) >= 11 is 0. The molecule has 4 heteroatoms. The summed E-state index contributed by atoms with van der Waals surface area (Å²) in [4.78, 5) is 4.38. The van der Waals surface area contributed by atoms with Crippen molar-refractivity contribution in [2.45, 2.75) is 43.8 Å². The van der Waals surface area contributed by atoms with E-state index in [0.717, 1.165) is 19.3 Å². The van der Waals surface area contributed by atoms with Crippen LogP contribution in [0, 0.1) is 0 Å². The van der Waals surface area contributed by atoms with Crippen LogP contribution in [0.5, 0.6) is 0 Å². The summed E-state index contributed by atoms with van der Waals surface area (Å²) in [5.74, 6) is 0.464. The van der Waals surface area contributed by atoms with E-state index in [1.807, 2.05) is 26.1 Å². The van der Waals surface area contributed by atoms with Gasteiger partial charge in [0.2, 0.25) is 0 Å². The summed E-state index contributed by atoms with van der Waals surface area (Å²) in [5.41, 5.74) is 2.52. The Kier molecular flexibility index (Phi) is 3.13. The quantitative estimate of drug-likeness (QED) is 0.874. The van der Waals surface area contributed by atoms with Gasteiger partial charge >= 0.3 is 0 Å². The molecule has 1 aliphatic carbocycles. The van der Waals surface area contributed by atoms with Gasteiger partial charge in [-0.3, -0.25) is 10.1 Å². The minimum atomic E-state index is -1.27. The van der Waals surface area contributed by atoms with Crippen molar-refractivity contribution in [2.24, 2.45) is 5.14 Å². The van der Waals surface area contributed by atoms with Crippen LogP contribution in [-0.2, 0) is 17.4 Å². The number of aromatic nitrogens is 1. The number of nitrogens with two attached hydrogens (primary N) is 1. The van der Waals surface area contributed by atoms with E-state index in [2.05, 4.69) is 11.1 Å². The SMILES string of the molecule is CC(C)(C[C@@H]1CCc2ncccc21)S(N)=O. The smallest absolute Gasteiger partial charge is 0.0945 e. The highest BCUT2D eigenvalue weighted by Gasteiger charge is 2.32. The van der Waals surface area contributed by atoms with Crippen molar-refractivity contribution in [3.8, 4) is 0 Å². The van der Waals surface area contributed by atoms with E-state index in [1.54, 1.807) is 0 Å². The van der Waals surface area contributed by atoms with E-state index in [9.17, 15) is 4.21 Å². The molecule has 0 aliphatic heterocycles. The highest BCUT2D eigenvalue weighted by atomic mass is 32.2. The lowest BCUT2D eigenvalue weighted by Crippen LogP contribution is -2.33. The zero-order valence-electron chi connectivity index (χ0n) is 9.77. The molecule has 16 heavy (non-hydrogen) atoms. The molecule has 0 saturated heterocycles. The van der Waals surface area contributed by atoms with Crippen molar-refractivity contribution < 1.29 is 4.21 Å². The first-order valence-corrected chi connectivity index (χ1v) is 6.82. The van der Waals surface area contributed by atoms with Gasteiger partial charge in [0.15, 0.2) is 0 Å². The van der Waals surface area contributed by atoms with Crippen LogP contribution in [0.15, 0.2) is 18.3 Å². The molecule has 0 radical (unpaired) electrons. The summed E-state index contributed by atoms with van der Waals surface area (Å²) in [6.45, 7) is 3.94. The molecule has 2 N–H and O–H groups in total. The number of fused-ring (bicyclic) bond motifs is 1. The summed E-state index contributed by atoms with van der Waals surface area (Å²) in [6.07, 6.45) is 4.85. The van der Waals surface area contributed by atoms with Crippen LogP contribution in [0.2, 0.25) is 0 Å². The average molecular weight is 238 g/mol. The topological polar surface area (TPSA) is 56.0 Å². The van der Waals surface area contributed by atoms with Gasteiger partial charge in [0.25, 0.3) is 0 Å². The van der Waals surface area contributed by atoms with Crippen LogP contribution in [0.3, 0.4) is 0 Å². The Bertz CT molecular complexity index is 417. The van der Waals surface area contributed by atoms with Gasteiger partial charge in [-0.2, -0.15) is 0 Å². The molecule has 3 nitrogen and oxygen atoms in total. The number of nitrogens with zero attached hydrogens (tertiary/aromatic N) is 1. The molecular weight excluding hydrogens is 220 g/mol. The second kappa shape index (κ2) is 4.26. The molecular formula is C12H18N2OS. The average Bonchev–Trinajstić information content (AvgIpc) is 2.61. The summed E-state index contributed by atoms with van der Waals surface area (Å²) < 4.78 is 11.1. The fourth-order valence-corrected chi connectivity index (χ4v) is 2.75. The van der Waals surface area contributed by atoms with Crippen LogP contribution in [0.1, 0.15) is 43.9 Å². The van der Waals surface area contributed by atoms with Crippen molar-refractivity contribution in [1.29, 1.82) is 0 Å². The van der Waals surface area contributed by atoms with Gasteiger partial charge in [0, 0.05) is 11.9 Å². The van der Waals surface area contributed by atoms with Gasteiger partial charge in [-0.25, -0.2) is 4.21 Å². The largest absolute Gasteiger partial charge is 0.261 e. The number of hydrogen-bond donors (Lipinski definition) is 1. The predicted molar refractivity (Wildman–Crippen MR) is 66.3 cm³/mol. The standard InChI is InChI=1S/C12H18N2OS/c1-12(2,16(13)15)8-9-5-6-11-10(9)4-3-7-14-11/h3-4,7,9H,5-6,8,13H2,1-2H3/t9-,16?/m0/s1. The van der Waals surface area contributed by atoms with Crippen LogP contribution in [-0.4, -0.2) is 13.9 Å². The van der Waals surface area contributed by atoms with E-state index in [-0.39, 0.29) is 4.75 Å². The molecule has 0 saturated carbocycles. The third kappa shape index (κ3) is 2.18. The molecule has 0 spiro atoms. The molecule has 88 valence electrons. The van der Waals surface area contributed by atoms with Crippen molar-refractivity contribution in [3.05, 3.63) is 29.6 Å². The van der Waals surface area contributed by atoms with Crippen molar-refractivity contribution in [1.82, 2.24) is 4.98 Å². The molecule has 0 bridgehead atoms. The van der Waals surface area contributed by atoms with Crippen molar-refractivity contribution in [3.63, 3.8) is 0 Å². The Hall–Kier alpha value is -0.740. The summed E-state index contributed by atoms with van der Waals surface area (Å²) in [7, 11) is -1.27. The maximum absolute atomic E-state index is 11.4. The Labute approximate surface area is 99.0 Å². The van der Waals surface area contributed by atoms with Gasteiger partial charge in [0.1, 0.15) is 0 Å². The first kappa shape index (κ1) is 11.7. The maximum atomic E-state index is 11.4. The Balaban J connectivity index is 2.18. The van der Waals surface area contributed by atoms with E-state index in [1.165, 1.54) is 11.3 Å². The lowest BCUT2D eigenvalue weighted by Gasteiger charge is -2.25. The second-order valence-corrected chi connectivity index (χ2v) is 6.74. The molecule has 1 unspecified atom stereocenters. The maximum Gasteiger partial charge on any atom is 0.0945 e. The normalized spacial score (nSPS) is 21.8. The molecule has 1 heterocycles. The van der Waals surface area contributed by atoms with Crippen LogP contribution in [0.25, 0.3) is 0 Å². The molecule has 1 aromatic heterocycles. The minimum absolute atomic E-state index is 0.317. The van der Waals surface area contributed by atoms with Gasteiger partial charge in [-0.1, -0.05) is 6.07 Å². The fraction of sp³-hybridized carbons (Fsp3) is 0.583. The zero-order chi connectivity index (χ0) is 11.8. The summed E-state index contributed by atoms with van der Waals surface area (Å²) in [5, 5.41) is 5.52. The molecule has 1 aliphatic rings. The monoisotopic (exact) mass is 238 g/mol. The molecule has 2 atom stereocenters. The third-order valence-corrected chi connectivity index (χ3v) is 4.63. The van der Waals surface area contributed by atoms with Gasteiger partial charge in [-0.05, 0) is 50.7 Å². The van der Waals surface area contributed by atoms with Crippen LogP contribution >= 0.6 is 0 Å². The highest BCUT2D eigenvalue weighted by molar-refractivity contribution is 7.84. The Morgan fingerprint density at radius 2 is 2.38 bits per heavy atom. The van der Waals surface area contributed by atoms with Gasteiger partial charge in [0.05, 0.1) is 15.7 Å². The molecule has 1 aromatic rings. The Morgan fingerprint density at radius 3 is 3.06 bits per heavy atom. The molecule has 0 amide bonds. The van der Waals surface area contributed by atoms with Crippen LogP contribution in [0.4, 0.5) is 0 Å². The third-order valence-electron chi connectivity index (χ3n) is 3.38. The Morgan fingerprint density at radius 1 is 1.62 bits per heavy atom. The highest BCUT2D eigenvalue weighted by Crippen LogP contribution is 2.38. The number of aryl methyl sites for hydroxylation is 1. The number of hydrogen-bond acceptors (Lipinski definition) is 2. The first-order valence-electron chi connectivity index (χ1n) is 5.61. The minimum Gasteiger partial charge on any atom is -0.261 e. The molecule has 0 fully saturated rings. The molecule has 2 rings (SSSR count). The van der Waals surface area contributed by atoms with E-state index in [4.69, 9.17) is 5.14 Å². The predicted octanol–water partition coefficient (Wildman–Crippen LogP) is 1.90. The molecule has 0 aromatic carbocycles.